The molecule has 0 spiro atoms. The average Bonchev–Trinajstić information content (AvgIpc) is 3.10. The maximum absolute atomic E-state index is 12.4. The number of aromatic nitrogens is 1. The highest BCUT2D eigenvalue weighted by Gasteiger charge is 2.18. The van der Waals surface area contributed by atoms with Gasteiger partial charge in [0.25, 0.3) is 0 Å². The van der Waals surface area contributed by atoms with Crippen LogP contribution in [0.4, 0.5) is 5.13 Å². The van der Waals surface area contributed by atoms with Crippen LogP contribution in [-0.2, 0) is 9.59 Å². The molecule has 132 valence electrons. The fourth-order valence-electron chi connectivity index (χ4n) is 2.61. The predicted octanol–water partition coefficient (Wildman–Crippen LogP) is 4.02. The number of carbonyl (C=O) groups is 2. The zero-order valence-corrected chi connectivity index (χ0v) is 15.1. The second kappa shape index (κ2) is 8.40. The molecule has 0 bridgehead atoms. The zero-order valence-electron chi connectivity index (χ0n) is 14.3. The van der Waals surface area contributed by atoms with Crippen LogP contribution in [0.5, 0.6) is 0 Å². The Hall–Kier alpha value is -2.99. The third kappa shape index (κ3) is 4.77. The summed E-state index contributed by atoms with van der Waals surface area (Å²) >= 11 is 1.38. The van der Waals surface area contributed by atoms with Crippen molar-refractivity contribution in [3.8, 4) is 11.3 Å². The Morgan fingerprint density at radius 3 is 2.35 bits per heavy atom. The van der Waals surface area contributed by atoms with Gasteiger partial charge in [-0.2, -0.15) is 0 Å². The van der Waals surface area contributed by atoms with E-state index >= 15 is 0 Å². The van der Waals surface area contributed by atoms with E-state index in [4.69, 9.17) is 0 Å². The van der Waals surface area contributed by atoms with Crippen LogP contribution in [0.3, 0.4) is 0 Å². The van der Waals surface area contributed by atoms with E-state index in [2.05, 4.69) is 15.6 Å². The summed E-state index contributed by atoms with van der Waals surface area (Å²) < 4.78 is 0. The van der Waals surface area contributed by atoms with E-state index in [-0.39, 0.29) is 24.3 Å². The minimum atomic E-state index is -0.373. The van der Waals surface area contributed by atoms with Gasteiger partial charge >= 0.3 is 0 Å². The van der Waals surface area contributed by atoms with Gasteiger partial charge in [0.1, 0.15) is 0 Å². The van der Waals surface area contributed by atoms with E-state index in [1.807, 2.05) is 66.0 Å². The van der Waals surface area contributed by atoms with Gasteiger partial charge in [-0.15, -0.1) is 11.3 Å². The van der Waals surface area contributed by atoms with Gasteiger partial charge in [0.15, 0.2) is 5.13 Å². The van der Waals surface area contributed by atoms with Crippen LogP contribution in [-0.4, -0.2) is 16.8 Å². The Bertz CT molecular complexity index is 878. The maximum Gasteiger partial charge on any atom is 0.228 e. The van der Waals surface area contributed by atoms with E-state index in [1.54, 1.807) is 0 Å². The van der Waals surface area contributed by atoms with E-state index in [1.165, 1.54) is 18.3 Å². The standard InChI is InChI=1S/C20H19N3O2S/c1-14(24)21-17(15-8-4-2-5-9-15)12-19(25)23-20-22-18(13-26-20)16-10-6-3-7-11-16/h2-11,13,17H,12H2,1H3,(H,21,24)(H,22,23,25)/t17-/m1/s1. The summed E-state index contributed by atoms with van der Waals surface area (Å²) in [5, 5.41) is 8.10. The van der Waals surface area contributed by atoms with Crippen molar-refractivity contribution < 1.29 is 9.59 Å². The number of benzene rings is 2. The van der Waals surface area contributed by atoms with Gasteiger partial charge in [-0.25, -0.2) is 4.98 Å². The second-order valence-corrected chi connectivity index (χ2v) is 6.68. The summed E-state index contributed by atoms with van der Waals surface area (Å²) in [5.74, 6) is -0.367. The third-order valence-electron chi connectivity index (χ3n) is 3.79. The molecule has 1 atom stereocenters. The molecule has 5 nitrogen and oxygen atoms in total. The molecule has 2 N–H and O–H groups in total. The first-order chi connectivity index (χ1) is 12.6. The lowest BCUT2D eigenvalue weighted by Gasteiger charge is -2.17. The van der Waals surface area contributed by atoms with Crippen LogP contribution in [0.2, 0.25) is 0 Å². The Kier molecular flexibility index (Phi) is 5.76. The number of anilines is 1. The van der Waals surface area contributed by atoms with E-state index in [0.29, 0.717) is 5.13 Å². The van der Waals surface area contributed by atoms with Crippen molar-refractivity contribution in [3.63, 3.8) is 0 Å². The molecule has 0 aliphatic carbocycles. The number of rotatable bonds is 6. The Labute approximate surface area is 156 Å². The van der Waals surface area contributed by atoms with Gasteiger partial charge in [0.05, 0.1) is 18.2 Å². The molecule has 0 unspecified atom stereocenters. The first kappa shape index (κ1) is 17.8. The molecule has 2 aromatic carbocycles. The monoisotopic (exact) mass is 365 g/mol. The molecule has 0 aliphatic heterocycles. The number of hydrogen-bond donors (Lipinski definition) is 2. The minimum absolute atomic E-state index is 0.143. The van der Waals surface area contributed by atoms with Crippen LogP contribution in [0.25, 0.3) is 11.3 Å². The lowest BCUT2D eigenvalue weighted by molar-refractivity contribution is -0.120. The predicted molar refractivity (Wildman–Crippen MR) is 104 cm³/mol. The van der Waals surface area contributed by atoms with Crippen LogP contribution in [0.1, 0.15) is 24.9 Å². The Morgan fingerprint density at radius 2 is 1.69 bits per heavy atom. The number of nitrogens with zero attached hydrogens (tertiary/aromatic N) is 1. The first-order valence-corrected chi connectivity index (χ1v) is 9.12. The normalized spacial score (nSPS) is 11.6. The van der Waals surface area contributed by atoms with Crippen molar-refractivity contribution in [2.24, 2.45) is 0 Å². The fourth-order valence-corrected chi connectivity index (χ4v) is 3.35. The van der Waals surface area contributed by atoms with Gasteiger partial charge in [0.2, 0.25) is 11.8 Å². The lowest BCUT2D eigenvalue weighted by Crippen LogP contribution is -2.29. The SMILES string of the molecule is CC(=O)N[C@H](CC(=O)Nc1nc(-c2ccccc2)cs1)c1ccccc1. The summed E-state index contributed by atoms with van der Waals surface area (Å²) in [4.78, 5) is 28.4. The molecule has 3 rings (SSSR count). The summed E-state index contributed by atoms with van der Waals surface area (Å²) in [6, 6.07) is 18.9. The second-order valence-electron chi connectivity index (χ2n) is 5.82. The summed E-state index contributed by atoms with van der Waals surface area (Å²) in [6.45, 7) is 1.45. The number of thiazole rings is 1. The van der Waals surface area contributed by atoms with E-state index < -0.39 is 0 Å². The largest absolute Gasteiger partial charge is 0.349 e. The van der Waals surface area contributed by atoms with Gasteiger partial charge in [-0.05, 0) is 5.56 Å². The lowest BCUT2D eigenvalue weighted by atomic mass is 10.0. The number of hydrogen-bond acceptors (Lipinski definition) is 4. The smallest absolute Gasteiger partial charge is 0.228 e. The average molecular weight is 365 g/mol. The van der Waals surface area contributed by atoms with Crippen molar-refractivity contribution in [2.75, 3.05) is 5.32 Å². The molecule has 1 heterocycles. The molecule has 0 aliphatic rings. The highest BCUT2D eigenvalue weighted by molar-refractivity contribution is 7.14. The van der Waals surface area contributed by atoms with Gasteiger partial charge in [0, 0.05) is 17.9 Å². The van der Waals surface area contributed by atoms with Gasteiger partial charge < -0.3 is 10.6 Å². The molecule has 26 heavy (non-hydrogen) atoms. The van der Waals surface area contributed by atoms with Crippen molar-refractivity contribution in [1.29, 1.82) is 0 Å². The molecular weight excluding hydrogens is 346 g/mol. The van der Waals surface area contributed by atoms with Crippen LogP contribution < -0.4 is 10.6 Å². The Morgan fingerprint density at radius 1 is 1.04 bits per heavy atom. The molecule has 0 radical (unpaired) electrons. The molecule has 2 amide bonds. The molecule has 0 saturated carbocycles. The van der Waals surface area contributed by atoms with Crippen LogP contribution in [0, 0.1) is 0 Å². The Balaban J connectivity index is 1.67. The third-order valence-corrected chi connectivity index (χ3v) is 4.55. The zero-order chi connectivity index (χ0) is 18.4. The molecular formula is C20H19N3O2S. The van der Waals surface area contributed by atoms with Crippen molar-refractivity contribution in [1.82, 2.24) is 10.3 Å². The number of amides is 2. The van der Waals surface area contributed by atoms with Crippen molar-refractivity contribution in [2.45, 2.75) is 19.4 Å². The molecule has 1 aromatic heterocycles. The van der Waals surface area contributed by atoms with Crippen molar-refractivity contribution >= 4 is 28.3 Å². The first-order valence-electron chi connectivity index (χ1n) is 8.24. The van der Waals surface area contributed by atoms with E-state index in [0.717, 1.165) is 16.8 Å². The molecule has 6 heteroatoms. The topological polar surface area (TPSA) is 71.1 Å². The number of carbonyl (C=O) groups excluding carboxylic acids is 2. The van der Waals surface area contributed by atoms with E-state index in [9.17, 15) is 9.59 Å². The summed E-state index contributed by atoms with van der Waals surface area (Å²) in [5.41, 5.74) is 2.72. The highest BCUT2D eigenvalue weighted by Crippen LogP contribution is 2.25. The molecule has 0 fully saturated rings. The maximum atomic E-state index is 12.4. The quantitative estimate of drug-likeness (QED) is 0.693. The van der Waals surface area contributed by atoms with Crippen LogP contribution >= 0.6 is 11.3 Å². The van der Waals surface area contributed by atoms with Gasteiger partial charge in [-0.1, -0.05) is 60.7 Å². The number of nitrogens with one attached hydrogen (secondary N) is 2. The fraction of sp³-hybridized carbons (Fsp3) is 0.150. The van der Waals surface area contributed by atoms with Gasteiger partial charge in [-0.3, -0.25) is 9.59 Å². The molecule has 0 saturated heterocycles. The minimum Gasteiger partial charge on any atom is -0.349 e. The summed E-state index contributed by atoms with van der Waals surface area (Å²) in [6.07, 6.45) is 0.143. The molecule has 3 aromatic rings. The van der Waals surface area contributed by atoms with Crippen LogP contribution in [0.15, 0.2) is 66.0 Å². The van der Waals surface area contributed by atoms with Crippen molar-refractivity contribution in [3.05, 3.63) is 71.6 Å². The summed E-state index contributed by atoms with van der Waals surface area (Å²) in [7, 11) is 0. The highest BCUT2D eigenvalue weighted by atomic mass is 32.1.